The number of ether oxygens (including phenoxy) is 1. The largest absolute Gasteiger partial charge is 0.474 e. The summed E-state index contributed by atoms with van der Waals surface area (Å²) in [5, 5.41) is 14.7. The number of piperidine rings is 1. The van der Waals surface area contributed by atoms with E-state index in [1.54, 1.807) is 31.4 Å². The number of nitrogens with one attached hydrogen (secondary N) is 3. The number of aromatic nitrogens is 1. The summed E-state index contributed by atoms with van der Waals surface area (Å²) in [6.45, 7) is 1.90. The fourth-order valence-corrected chi connectivity index (χ4v) is 2.79. The fourth-order valence-electron chi connectivity index (χ4n) is 2.79. The number of nitrogens with zero attached hydrogens (tertiary/aromatic N) is 1. The third kappa shape index (κ3) is 3.71. The highest BCUT2D eigenvalue weighted by Gasteiger charge is 2.17. The highest BCUT2D eigenvalue weighted by Crippen LogP contribution is 2.24. The summed E-state index contributed by atoms with van der Waals surface area (Å²) < 4.78 is 19.3. The molecule has 0 unspecified atom stereocenters. The minimum atomic E-state index is -0.359. The first-order valence-electron chi connectivity index (χ1n) is 8.07. The van der Waals surface area contributed by atoms with Gasteiger partial charge in [0.15, 0.2) is 0 Å². The molecule has 5 nitrogen and oxygen atoms in total. The predicted octanol–water partition coefficient (Wildman–Crippen LogP) is 2.81. The van der Waals surface area contributed by atoms with E-state index in [1.165, 1.54) is 12.1 Å². The van der Waals surface area contributed by atoms with Gasteiger partial charge in [0, 0.05) is 30.4 Å². The van der Waals surface area contributed by atoms with Crippen molar-refractivity contribution in [2.45, 2.75) is 18.9 Å². The van der Waals surface area contributed by atoms with Crippen LogP contribution in [0.3, 0.4) is 0 Å². The second-order valence-corrected chi connectivity index (χ2v) is 5.77. The highest BCUT2D eigenvalue weighted by molar-refractivity contribution is 6.13. The first kappa shape index (κ1) is 16.4. The Morgan fingerprint density at radius 1 is 1.33 bits per heavy atom. The molecule has 0 saturated carbocycles. The van der Waals surface area contributed by atoms with Gasteiger partial charge < -0.3 is 15.4 Å². The minimum absolute atomic E-state index is 0.164. The number of hydrogen-bond acceptors (Lipinski definition) is 5. The van der Waals surface area contributed by atoms with E-state index in [-0.39, 0.29) is 17.6 Å². The third-order valence-corrected chi connectivity index (χ3v) is 4.10. The summed E-state index contributed by atoms with van der Waals surface area (Å²) in [6, 6.07) is 7.82. The maximum absolute atomic E-state index is 13.4. The molecule has 126 valence electrons. The molecule has 0 spiro atoms. The molecule has 1 aromatic heterocycles. The third-order valence-electron chi connectivity index (χ3n) is 4.10. The summed E-state index contributed by atoms with van der Waals surface area (Å²) in [5.74, 6) is 0.184. The Bertz CT molecular complexity index is 729. The second kappa shape index (κ2) is 7.40. The summed E-state index contributed by atoms with van der Waals surface area (Å²) in [7, 11) is 1.78. The van der Waals surface area contributed by atoms with E-state index in [0.29, 0.717) is 17.0 Å². The van der Waals surface area contributed by atoms with Gasteiger partial charge in [0.1, 0.15) is 11.9 Å². The predicted molar refractivity (Wildman–Crippen MR) is 92.6 cm³/mol. The van der Waals surface area contributed by atoms with E-state index in [9.17, 15) is 4.39 Å². The van der Waals surface area contributed by atoms with Gasteiger partial charge in [0.25, 0.3) is 0 Å². The number of rotatable bonds is 5. The van der Waals surface area contributed by atoms with Crippen LogP contribution < -0.4 is 15.4 Å². The van der Waals surface area contributed by atoms with Crippen LogP contribution >= 0.6 is 0 Å². The zero-order valence-electron chi connectivity index (χ0n) is 13.6. The summed E-state index contributed by atoms with van der Waals surface area (Å²) in [5.41, 5.74) is 2.09. The zero-order chi connectivity index (χ0) is 16.9. The van der Waals surface area contributed by atoms with E-state index in [2.05, 4.69) is 15.6 Å². The first-order valence-corrected chi connectivity index (χ1v) is 8.07. The molecule has 1 aromatic carbocycles. The maximum atomic E-state index is 13.4. The average Bonchev–Trinajstić information content (AvgIpc) is 2.62. The van der Waals surface area contributed by atoms with Gasteiger partial charge in [0.2, 0.25) is 5.88 Å². The lowest BCUT2D eigenvalue weighted by atomic mass is 10.0. The highest BCUT2D eigenvalue weighted by atomic mass is 19.1. The second-order valence-electron chi connectivity index (χ2n) is 5.77. The molecule has 0 amide bonds. The van der Waals surface area contributed by atoms with Gasteiger partial charge in [-0.25, -0.2) is 9.37 Å². The lowest BCUT2D eigenvalue weighted by molar-refractivity contribution is 0.156. The SMILES string of the molecule is CNc1cc(OC2CCNCC2)ncc1C(=N)c1cccc(F)c1. The Morgan fingerprint density at radius 3 is 2.83 bits per heavy atom. The van der Waals surface area contributed by atoms with E-state index in [0.717, 1.165) is 31.6 Å². The standard InChI is InChI=1S/C18H21FN4O/c1-21-16-10-17(24-14-5-7-22-8-6-14)23-11-15(16)18(20)12-3-2-4-13(19)9-12/h2-4,9-11,14,20,22H,5-8H2,1H3,(H,21,23). The van der Waals surface area contributed by atoms with Crippen molar-refractivity contribution in [3.63, 3.8) is 0 Å². The Balaban J connectivity index is 1.82. The van der Waals surface area contributed by atoms with Gasteiger partial charge >= 0.3 is 0 Å². The summed E-state index contributed by atoms with van der Waals surface area (Å²) in [6.07, 6.45) is 3.68. The smallest absolute Gasteiger partial charge is 0.215 e. The van der Waals surface area contributed by atoms with Crippen LogP contribution in [-0.4, -0.2) is 36.9 Å². The molecule has 6 heteroatoms. The van der Waals surface area contributed by atoms with Gasteiger partial charge in [0.05, 0.1) is 11.4 Å². The molecule has 24 heavy (non-hydrogen) atoms. The molecule has 0 bridgehead atoms. The molecule has 2 heterocycles. The van der Waals surface area contributed by atoms with Crippen molar-refractivity contribution in [3.8, 4) is 5.88 Å². The zero-order valence-corrected chi connectivity index (χ0v) is 13.6. The van der Waals surface area contributed by atoms with E-state index >= 15 is 0 Å². The van der Waals surface area contributed by atoms with Crippen molar-refractivity contribution >= 4 is 11.4 Å². The molecule has 0 radical (unpaired) electrons. The summed E-state index contributed by atoms with van der Waals surface area (Å²) >= 11 is 0. The van der Waals surface area contributed by atoms with Crippen LogP contribution in [0.4, 0.5) is 10.1 Å². The summed E-state index contributed by atoms with van der Waals surface area (Å²) in [4.78, 5) is 4.33. The quantitative estimate of drug-likeness (QED) is 0.738. The Morgan fingerprint density at radius 2 is 2.12 bits per heavy atom. The van der Waals surface area contributed by atoms with Gasteiger partial charge in [-0.3, -0.25) is 5.41 Å². The minimum Gasteiger partial charge on any atom is -0.474 e. The fraction of sp³-hybridized carbons (Fsp3) is 0.333. The molecule has 2 aromatic rings. The molecule has 1 saturated heterocycles. The average molecular weight is 328 g/mol. The number of benzene rings is 1. The van der Waals surface area contributed by atoms with Gasteiger partial charge in [-0.15, -0.1) is 0 Å². The molecular weight excluding hydrogens is 307 g/mol. The van der Waals surface area contributed by atoms with Gasteiger partial charge in [-0.1, -0.05) is 12.1 Å². The lowest BCUT2D eigenvalue weighted by Gasteiger charge is -2.23. The van der Waals surface area contributed by atoms with Crippen LogP contribution in [0.15, 0.2) is 36.5 Å². The normalized spacial score (nSPS) is 15.1. The van der Waals surface area contributed by atoms with E-state index in [1.807, 2.05) is 0 Å². The van der Waals surface area contributed by atoms with Crippen LogP contribution in [0.25, 0.3) is 0 Å². The van der Waals surface area contributed by atoms with Crippen LogP contribution in [0.1, 0.15) is 24.0 Å². The number of hydrogen-bond donors (Lipinski definition) is 3. The molecular formula is C18H21FN4O. The van der Waals surface area contributed by atoms with Gasteiger partial charge in [-0.05, 0) is 38.1 Å². The molecule has 0 aliphatic carbocycles. The Hall–Kier alpha value is -2.47. The maximum Gasteiger partial charge on any atom is 0.215 e. The lowest BCUT2D eigenvalue weighted by Crippen LogP contribution is -2.34. The number of anilines is 1. The van der Waals surface area contributed by atoms with Gasteiger partial charge in [-0.2, -0.15) is 0 Å². The van der Waals surface area contributed by atoms with Crippen LogP contribution in [0.5, 0.6) is 5.88 Å². The topological polar surface area (TPSA) is 70.0 Å². The van der Waals surface area contributed by atoms with Crippen molar-refractivity contribution in [1.29, 1.82) is 5.41 Å². The van der Waals surface area contributed by atoms with Crippen LogP contribution in [0.2, 0.25) is 0 Å². The first-order chi connectivity index (χ1) is 11.7. The monoisotopic (exact) mass is 328 g/mol. The van der Waals surface area contributed by atoms with Crippen molar-refractivity contribution < 1.29 is 9.13 Å². The number of halogens is 1. The van der Waals surface area contributed by atoms with Crippen LogP contribution in [-0.2, 0) is 0 Å². The van der Waals surface area contributed by atoms with Crippen molar-refractivity contribution in [2.75, 3.05) is 25.5 Å². The van der Waals surface area contributed by atoms with Crippen molar-refractivity contribution in [2.24, 2.45) is 0 Å². The molecule has 1 aliphatic rings. The van der Waals surface area contributed by atoms with Crippen molar-refractivity contribution in [3.05, 3.63) is 53.5 Å². The number of pyridine rings is 1. The van der Waals surface area contributed by atoms with E-state index in [4.69, 9.17) is 10.1 Å². The molecule has 0 atom stereocenters. The molecule has 1 aliphatic heterocycles. The molecule has 1 fully saturated rings. The Labute approximate surface area is 140 Å². The Kier molecular flexibility index (Phi) is 5.05. The van der Waals surface area contributed by atoms with E-state index < -0.39 is 0 Å². The molecule has 3 rings (SSSR count). The van der Waals surface area contributed by atoms with Crippen molar-refractivity contribution in [1.82, 2.24) is 10.3 Å². The molecule has 3 N–H and O–H groups in total. The van der Waals surface area contributed by atoms with Crippen LogP contribution in [0, 0.1) is 11.2 Å².